The predicted octanol–water partition coefficient (Wildman–Crippen LogP) is 0.706. The molecule has 88 valence electrons. The van der Waals surface area contributed by atoms with Gasteiger partial charge in [-0.1, -0.05) is 0 Å². The van der Waals surface area contributed by atoms with Gasteiger partial charge in [-0.3, -0.25) is 0 Å². The van der Waals surface area contributed by atoms with Crippen molar-refractivity contribution in [1.82, 2.24) is 15.3 Å². The fourth-order valence-electron chi connectivity index (χ4n) is 1.85. The maximum atomic E-state index is 4.24. The summed E-state index contributed by atoms with van der Waals surface area (Å²) in [6, 6.07) is 2.47. The van der Waals surface area contributed by atoms with Gasteiger partial charge in [0.25, 0.3) is 0 Å². The number of anilines is 2. The van der Waals surface area contributed by atoms with Crippen molar-refractivity contribution in [2.45, 2.75) is 18.9 Å². The molecule has 0 bridgehead atoms. The van der Waals surface area contributed by atoms with Crippen LogP contribution in [-0.2, 0) is 0 Å². The summed E-state index contributed by atoms with van der Waals surface area (Å²) >= 11 is 0. The van der Waals surface area contributed by atoms with Crippen molar-refractivity contribution < 1.29 is 0 Å². The minimum absolute atomic E-state index is 0.485. The Labute approximate surface area is 96.3 Å². The molecule has 1 fully saturated rings. The summed E-state index contributed by atoms with van der Waals surface area (Å²) in [4.78, 5) is 10.4. The van der Waals surface area contributed by atoms with Crippen molar-refractivity contribution in [3.8, 4) is 0 Å². The number of nitrogens with one attached hydrogen (secondary N) is 2. The van der Waals surface area contributed by atoms with Crippen LogP contribution in [0, 0.1) is 0 Å². The van der Waals surface area contributed by atoms with E-state index in [-0.39, 0.29) is 0 Å². The van der Waals surface area contributed by atoms with Gasteiger partial charge in [-0.15, -0.1) is 0 Å². The number of hydrogen-bond donors (Lipinski definition) is 2. The quantitative estimate of drug-likeness (QED) is 0.787. The molecule has 0 aliphatic carbocycles. The van der Waals surface area contributed by atoms with Crippen LogP contribution in [0.3, 0.4) is 0 Å². The summed E-state index contributed by atoms with van der Waals surface area (Å²) < 4.78 is 0. The predicted molar refractivity (Wildman–Crippen MR) is 65.9 cm³/mol. The van der Waals surface area contributed by atoms with Crippen LogP contribution in [0.5, 0.6) is 0 Å². The molecule has 1 aliphatic heterocycles. The van der Waals surface area contributed by atoms with Crippen LogP contribution in [0.15, 0.2) is 12.4 Å². The largest absolute Gasteiger partial charge is 0.366 e. The molecule has 1 atom stereocenters. The molecule has 5 heteroatoms. The first-order valence-corrected chi connectivity index (χ1v) is 5.72. The van der Waals surface area contributed by atoms with Gasteiger partial charge in [0.05, 0.1) is 0 Å². The minimum atomic E-state index is 0.485. The zero-order valence-electron chi connectivity index (χ0n) is 9.90. The van der Waals surface area contributed by atoms with E-state index in [1.165, 1.54) is 12.8 Å². The SMILES string of the molecule is CN(C)c1cc(NC2CCCNC2)ncn1. The maximum Gasteiger partial charge on any atom is 0.133 e. The highest BCUT2D eigenvalue weighted by atomic mass is 15.2. The highest BCUT2D eigenvalue weighted by Gasteiger charge is 2.13. The fraction of sp³-hybridized carbons (Fsp3) is 0.636. The lowest BCUT2D eigenvalue weighted by Crippen LogP contribution is -2.38. The van der Waals surface area contributed by atoms with Crippen LogP contribution in [0.1, 0.15) is 12.8 Å². The fourth-order valence-corrected chi connectivity index (χ4v) is 1.85. The van der Waals surface area contributed by atoms with Crippen LogP contribution >= 0.6 is 0 Å². The molecule has 2 N–H and O–H groups in total. The summed E-state index contributed by atoms with van der Waals surface area (Å²) in [7, 11) is 3.96. The van der Waals surface area contributed by atoms with Gasteiger partial charge in [0, 0.05) is 32.7 Å². The van der Waals surface area contributed by atoms with Gasteiger partial charge in [-0.2, -0.15) is 0 Å². The average Bonchev–Trinajstić information content (AvgIpc) is 2.30. The molecule has 16 heavy (non-hydrogen) atoms. The van der Waals surface area contributed by atoms with Gasteiger partial charge in [0.2, 0.25) is 0 Å². The molecular weight excluding hydrogens is 202 g/mol. The van der Waals surface area contributed by atoms with E-state index >= 15 is 0 Å². The van der Waals surface area contributed by atoms with Crippen molar-refractivity contribution in [2.75, 3.05) is 37.4 Å². The number of nitrogens with zero attached hydrogens (tertiary/aromatic N) is 3. The lowest BCUT2D eigenvalue weighted by Gasteiger charge is -2.24. The summed E-state index contributed by atoms with van der Waals surface area (Å²) in [6.07, 6.45) is 4.03. The molecule has 1 aromatic heterocycles. The van der Waals surface area contributed by atoms with Gasteiger partial charge >= 0.3 is 0 Å². The lowest BCUT2D eigenvalue weighted by molar-refractivity contribution is 0.479. The second-order valence-electron chi connectivity index (χ2n) is 4.34. The van der Waals surface area contributed by atoms with Gasteiger partial charge in [0.1, 0.15) is 18.0 Å². The van der Waals surface area contributed by atoms with E-state index in [0.717, 1.165) is 24.7 Å². The molecule has 1 aromatic rings. The second kappa shape index (κ2) is 5.12. The van der Waals surface area contributed by atoms with Gasteiger partial charge in [0.15, 0.2) is 0 Å². The molecule has 0 radical (unpaired) electrons. The van der Waals surface area contributed by atoms with E-state index < -0.39 is 0 Å². The lowest BCUT2D eigenvalue weighted by atomic mass is 10.1. The Kier molecular flexibility index (Phi) is 3.56. The number of aromatic nitrogens is 2. The number of hydrogen-bond acceptors (Lipinski definition) is 5. The summed E-state index contributed by atoms with van der Waals surface area (Å²) in [6.45, 7) is 2.15. The Morgan fingerprint density at radius 1 is 1.44 bits per heavy atom. The van der Waals surface area contributed by atoms with Crippen molar-refractivity contribution in [1.29, 1.82) is 0 Å². The Bertz CT molecular complexity index is 333. The Morgan fingerprint density at radius 2 is 2.31 bits per heavy atom. The monoisotopic (exact) mass is 221 g/mol. The Balaban J connectivity index is 2.00. The third-order valence-corrected chi connectivity index (χ3v) is 2.76. The summed E-state index contributed by atoms with van der Waals surface area (Å²) in [5.41, 5.74) is 0. The topological polar surface area (TPSA) is 53.1 Å². The second-order valence-corrected chi connectivity index (χ2v) is 4.34. The van der Waals surface area contributed by atoms with E-state index in [1.54, 1.807) is 6.33 Å². The number of piperidine rings is 1. The third-order valence-electron chi connectivity index (χ3n) is 2.76. The normalized spacial score (nSPS) is 20.5. The Hall–Kier alpha value is -1.36. The van der Waals surface area contributed by atoms with Crippen molar-refractivity contribution in [3.63, 3.8) is 0 Å². The molecule has 0 saturated carbocycles. The molecule has 2 heterocycles. The van der Waals surface area contributed by atoms with Crippen LogP contribution in [-0.4, -0.2) is 43.2 Å². The zero-order valence-corrected chi connectivity index (χ0v) is 9.90. The van der Waals surface area contributed by atoms with Gasteiger partial charge < -0.3 is 15.5 Å². The molecule has 0 aromatic carbocycles. The summed E-state index contributed by atoms with van der Waals surface area (Å²) in [5.74, 6) is 1.84. The smallest absolute Gasteiger partial charge is 0.133 e. The van der Waals surface area contributed by atoms with Gasteiger partial charge in [-0.25, -0.2) is 9.97 Å². The van der Waals surface area contributed by atoms with Crippen molar-refractivity contribution in [2.24, 2.45) is 0 Å². The third kappa shape index (κ3) is 2.82. The van der Waals surface area contributed by atoms with E-state index in [2.05, 4.69) is 20.6 Å². The van der Waals surface area contributed by atoms with E-state index in [4.69, 9.17) is 0 Å². The van der Waals surface area contributed by atoms with Crippen LogP contribution in [0.2, 0.25) is 0 Å². The minimum Gasteiger partial charge on any atom is -0.366 e. The highest BCUT2D eigenvalue weighted by Crippen LogP contribution is 2.14. The molecule has 1 unspecified atom stereocenters. The highest BCUT2D eigenvalue weighted by molar-refractivity contribution is 5.47. The first kappa shape index (κ1) is 11.1. The van der Waals surface area contributed by atoms with E-state index in [9.17, 15) is 0 Å². The molecule has 1 aliphatic rings. The first-order chi connectivity index (χ1) is 7.75. The molecule has 0 spiro atoms. The molecule has 2 rings (SSSR count). The maximum absolute atomic E-state index is 4.24. The van der Waals surface area contributed by atoms with Crippen LogP contribution in [0.4, 0.5) is 11.6 Å². The Morgan fingerprint density at radius 3 is 3.00 bits per heavy atom. The van der Waals surface area contributed by atoms with Crippen LogP contribution in [0.25, 0.3) is 0 Å². The van der Waals surface area contributed by atoms with Crippen LogP contribution < -0.4 is 15.5 Å². The average molecular weight is 221 g/mol. The standard InChI is InChI=1S/C11H19N5/c1-16(2)11-6-10(13-8-14-11)15-9-4-3-5-12-7-9/h6,8-9,12H,3-5,7H2,1-2H3,(H,13,14,15). The molecular formula is C11H19N5. The van der Waals surface area contributed by atoms with Crippen molar-refractivity contribution >= 4 is 11.6 Å². The molecule has 5 nitrogen and oxygen atoms in total. The zero-order chi connectivity index (χ0) is 11.4. The van der Waals surface area contributed by atoms with E-state index in [0.29, 0.717) is 6.04 Å². The molecule has 1 saturated heterocycles. The van der Waals surface area contributed by atoms with Crippen molar-refractivity contribution in [3.05, 3.63) is 12.4 Å². The van der Waals surface area contributed by atoms with Gasteiger partial charge in [-0.05, 0) is 19.4 Å². The summed E-state index contributed by atoms with van der Waals surface area (Å²) in [5, 5.41) is 6.81. The molecule has 0 amide bonds. The van der Waals surface area contributed by atoms with E-state index in [1.807, 2.05) is 25.1 Å². The number of rotatable bonds is 3. The first-order valence-electron chi connectivity index (χ1n) is 5.72.